The number of H-pyrrole nitrogens is 1. The van der Waals surface area contributed by atoms with Gasteiger partial charge in [0.2, 0.25) is 5.91 Å². The lowest BCUT2D eigenvalue weighted by Crippen LogP contribution is -2.43. The number of rotatable bonds is 12. The summed E-state index contributed by atoms with van der Waals surface area (Å²) in [5, 5.41) is 24.5. The summed E-state index contributed by atoms with van der Waals surface area (Å²) >= 11 is 0. The molecule has 2 atom stereocenters. The number of nitrogens with zero attached hydrogens (tertiary/aromatic N) is 4. The number of hydrogen-bond acceptors (Lipinski definition) is 5. The highest BCUT2D eigenvalue weighted by atomic mass is 16.3. The molecule has 1 aliphatic heterocycles. The first-order valence-corrected chi connectivity index (χ1v) is 12.0. The van der Waals surface area contributed by atoms with Crippen LogP contribution in [0, 0.1) is 0 Å². The number of unbranched alkanes of at least 4 members (excludes halogenated alkanes) is 3. The van der Waals surface area contributed by atoms with Crippen molar-refractivity contribution in [3.8, 4) is 0 Å². The number of piperidine rings is 1. The molecule has 32 heavy (non-hydrogen) atoms. The van der Waals surface area contributed by atoms with Crippen molar-refractivity contribution < 1.29 is 9.90 Å². The molecule has 1 amide bonds. The van der Waals surface area contributed by atoms with Gasteiger partial charge in [-0.25, -0.2) is 0 Å². The van der Waals surface area contributed by atoms with Crippen LogP contribution in [0.15, 0.2) is 36.4 Å². The van der Waals surface area contributed by atoms with E-state index in [4.69, 9.17) is 0 Å². The summed E-state index contributed by atoms with van der Waals surface area (Å²) in [6.45, 7) is 5.14. The van der Waals surface area contributed by atoms with Crippen LogP contribution in [0.3, 0.4) is 0 Å². The van der Waals surface area contributed by atoms with Crippen LogP contribution in [-0.4, -0.2) is 55.2 Å². The van der Waals surface area contributed by atoms with Gasteiger partial charge in [-0.15, -0.1) is 10.2 Å². The Morgan fingerprint density at radius 3 is 2.69 bits per heavy atom. The summed E-state index contributed by atoms with van der Waals surface area (Å²) in [4.78, 5) is 14.5. The van der Waals surface area contributed by atoms with Crippen molar-refractivity contribution >= 4 is 5.91 Å². The number of amides is 1. The fraction of sp³-hybridized carbons (Fsp3) is 0.600. The van der Waals surface area contributed by atoms with E-state index >= 15 is 0 Å². The fourth-order valence-corrected chi connectivity index (χ4v) is 4.25. The molecule has 7 heteroatoms. The van der Waals surface area contributed by atoms with Crippen LogP contribution in [0.2, 0.25) is 0 Å². The highest BCUT2D eigenvalue weighted by molar-refractivity contribution is 5.77. The minimum Gasteiger partial charge on any atom is -0.389 e. The maximum atomic E-state index is 12.5. The number of aliphatic hydroxyl groups excluding tert-OH is 1. The van der Waals surface area contributed by atoms with Crippen molar-refractivity contribution in [3.63, 3.8) is 0 Å². The molecule has 1 aliphatic rings. The number of aromatic nitrogens is 4. The summed E-state index contributed by atoms with van der Waals surface area (Å²) in [7, 11) is 0. The molecule has 2 aromatic rings. The first-order chi connectivity index (χ1) is 15.5. The molecule has 0 radical (unpaired) electrons. The molecule has 2 N–H and O–H groups in total. The number of aliphatic hydroxyl groups is 1. The van der Waals surface area contributed by atoms with Gasteiger partial charge in [0.1, 0.15) is 0 Å². The van der Waals surface area contributed by atoms with Crippen LogP contribution in [0.4, 0.5) is 0 Å². The monoisotopic (exact) mass is 439 g/mol. The van der Waals surface area contributed by atoms with E-state index in [0.717, 1.165) is 62.9 Å². The number of nitrogens with one attached hydrogen (secondary N) is 1. The van der Waals surface area contributed by atoms with Gasteiger partial charge in [0.05, 0.1) is 12.1 Å². The van der Waals surface area contributed by atoms with Gasteiger partial charge >= 0.3 is 0 Å². The number of aryl methyl sites for hydroxylation is 1. The topological polar surface area (TPSA) is 95.0 Å². The summed E-state index contributed by atoms with van der Waals surface area (Å²) in [6.07, 6.45) is 11.5. The Kier molecular flexibility index (Phi) is 9.41. The van der Waals surface area contributed by atoms with E-state index in [0.29, 0.717) is 18.8 Å². The number of hydrogen-bond donors (Lipinski definition) is 2. The minimum atomic E-state index is -0.538. The number of benzene rings is 1. The Morgan fingerprint density at radius 1 is 1.19 bits per heavy atom. The van der Waals surface area contributed by atoms with Gasteiger partial charge in [-0.1, -0.05) is 68.3 Å². The molecule has 0 aliphatic carbocycles. The third kappa shape index (κ3) is 7.55. The average molecular weight is 440 g/mol. The van der Waals surface area contributed by atoms with E-state index in [-0.39, 0.29) is 11.9 Å². The molecular formula is C25H37N5O2. The van der Waals surface area contributed by atoms with Crippen LogP contribution >= 0.6 is 0 Å². The molecule has 0 saturated carbocycles. The van der Waals surface area contributed by atoms with Gasteiger partial charge in [0.15, 0.2) is 5.82 Å². The Bertz CT molecular complexity index is 833. The SMILES string of the molecule is CC(C)c1ccc(CC(O)/C=C/[C@H]2CCCC(=O)N2CCCCCCc2nn[nH]n2)cc1. The molecule has 174 valence electrons. The minimum absolute atomic E-state index is 0.0912. The van der Waals surface area contributed by atoms with Crippen molar-refractivity contribution in [2.75, 3.05) is 6.54 Å². The lowest BCUT2D eigenvalue weighted by molar-refractivity contribution is -0.135. The molecule has 0 spiro atoms. The van der Waals surface area contributed by atoms with Crippen molar-refractivity contribution in [1.29, 1.82) is 0 Å². The second-order valence-corrected chi connectivity index (χ2v) is 9.09. The molecule has 2 heterocycles. The first-order valence-electron chi connectivity index (χ1n) is 12.0. The van der Waals surface area contributed by atoms with E-state index in [9.17, 15) is 9.90 Å². The molecule has 1 saturated heterocycles. The van der Waals surface area contributed by atoms with Crippen LogP contribution < -0.4 is 0 Å². The Labute approximate surface area is 191 Å². The highest BCUT2D eigenvalue weighted by Gasteiger charge is 2.25. The van der Waals surface area contributed by atoms with Gasteiger partial charge in [-0.3, -0.25) is 4.79 Å². The Morgan fingerprint density at radius 2 is 1.97 bits per heavy atom. The highest BCUT2D eigenvalue weighted by Crippen LogP contribution is 2.21. The molecule has 1 fully saturated rings. The smallest absolute Gasteiger partial charge is 0.223 e. The lowest BCUT2D eigenvalue weighted by Gasteiger charge is -2.34. The van der Waals surface area contributed by atoms with Crippen molar-refractivity contribution in [2.24, 2.45) is 0 Å². The number of aromatic amines is 1. The Hall–Kier alpha value is -2.54. The Balaban J connectivity index is 1.43. The molecule has 7 nitrogen and oxygen atoms in total. The van der Waals surface area contributed by atoms with Gasteiger partial charge in [0.25, 0.3) is 0 Å². The normalized spacial score (nSPS) is 18.1. The van der Waals surface area contributed by atoms with Gasteiger partial charge in [-0.2, -0.15) is 5.21 Å². The van der Waals surface area contributed by atoms with E-state index in [2.05, 4.69) is 58.7 Å². The quantitative estimate of drug-likeness (QED) is 0.385. The third-order valence-electron chi connectivity index (χ3n) is 6.20. The van der Waals surface area contributed by atoms with E-state index in [1.165, 1.54) is 5.56 Å². The lowest BCUT2D eigenvalue weighted by atomic mass is 9.98. The molecule has 1 aromatic carbocycles. The van der Waals surface area contributed by atoms with Crippen molar-refractivity contribution in [1.82, 2.24) is 25.5 Å². The first kappa shape index (κ1) is 24.1. The van der Waals surface area contributed by atoms with E-state index in [1.807, 2.05) is 17.1 Å². The fourth-order valence-electron chi connectivity index (χ4n) is 4.25. The number of carbonyl (C=O) groups excluding carboxylic acids is 1. The summed E-state index contributed by atoms with van der Waals surface area (Å²) < 4.78 is 0. The predicted octanol–water partition coefficient (Wildman–Crippen LogP) is 3.97. The standard InChI is InChI=1S/C25H37N5O2/c1-19(2)21-13-11-20(12-14-21)18-23(31)16-15-22-8-7-10-25(32)30(22)17-6-4-3-5-9-24-26-28-29-27-24/h11-16,19,22-23,31H,3-10,17-18H2,1-2H3,(H,26,27,28,29)/b16-15+/t22-,23?/m1/s1. The third-order valence-corrected chi connectivity index (χ3v) is 6.20. The van der Waals surface area contributed by atoms with E-state index in [1.54, 1.807) is 0 Å². The molecule has 3 rings (SSSR count). The summed E-state index contributed by atoms with van der Waals surface area (Å²) in [5.74, 6) is 1.50. The van der Waals surface area contributed by atoms with Gasteiger partial charge in [-0.05, 0) is 42.7 Å². The second-order valence-electron chi connectivity index (χ2n) is 9.09. The van der Waals surface area contributed by atoms with Crippen LogP contribution in [-0.2, 0) is 17.6 Å². The number of carbonyl (C=O) groups is 1. The summed E-state index contributed by atoms with van der Waals surface area (Å²) in [6, 6.07) is 8.57. The van der Waals surface area contributed by atoms with Gasteiger partial charge in [0, 0.05) is 25.8 Å². The van der Waals surface area contributed by atoms with Crippen molar-refractivity contribution in [2.45, 2.75) is 89.7 Å². The maximum Gasteiger partial charge on any atom is 0.223 e. The zero-order chi connectivity index (χ0) is 22.8. The van der Waals surface area contributed by atoms with Gasteiger partial charge < -0.3 is 10.0 Å². The molecule has 1 unspecified atom stereocenters. The largest absolute Gasteiger partial charge is 0.389 e. The predicted molar refractivity (Wildman–Crippen MR) is 125 cm³/mol. The zero-order valence-electron chi connectivity index (χ0n) is 19.4. The van der Waals surface area contributed by atoms with Crippen LogP contribution in [0.1, 0.15) is 81.7 Å². The number of likely N-dealkylation sites (tertiary alicyclic amines) is 1. The second kappa shape index (κ2) is 12.5. The zero-order valence-corrected chi connectivity index (χ0v) is 19.4. The van der Waals surface area contributed by atoms with E-state index < -0.39 is 6.10 Å². The van der Waals surface area contributed by atoms with Crippen molar-refractivity contribution in [3.05, 3.63) is 53.4 Å². The van der Waals surface area contributed by atoms with Crippen LogP contribution in [0.5, 0.6) is 0 Å². The molecule has 1 aromatic heterocycles. The summed E-state index contributed by atoms with van der Waals surface area (Å²) in [5.41, 5.74) is 2.44. The maximum absolute atomic E-state index is 12.5. The average Bonchev–Trinajstić information content (AvgIpc) is 3.30. The molecule has 0 bridgehead atoms. The number of tetrazole rings is 1. The molecular weight excluding hydrogens is 402 g/mol. The van der Waals surface area contributed by atoms with Crippen LogP contribution in [0.25, 0.3) is 0 Å².